The van der Waals surface area contributed by atoms with E-state index in [4.69, 9.17) is 0 Å². The van der Waals surface area contributed by atoms with Crippen molar-refractivity contribution in [1.82, 2.24) is 19.6 Å². The van der Waals surface area contributed by atoms with Crippen LogP contribution in [0.5, 0.6) is 0 Å². The molecule has 0 spiro atoms. The fourth-order valence-corrected chi connectivity index (χ4v) is 3.46. The zero-order valence-electron chi connectivity index (χ0n) is 15.9. The van der Waals surface area contributed by atoms with Crippen molar-refractivity contribution in [3.63, 3.8) is 0 Å². The summed E-state index contributed by atoms with van der Waals surface area (Å²) in [6.07, 6.45) is 0. The predicted molar refractivity (Wildman–Crippen MR) is 99.9 cm³/mol. The van der Waals surface area contributed by atoms with Crippen LogP contribution in [-0.2, 0) is 17.3 Å². The molecule has 1 aliphatic heterocycles. The molecular formula is C20H26N4O2. The molecule has 1 saturated heterocycles. The highest BCUT2D eigenvalue weighted by molar-refractivity contribution is 5.93. The molecule has 2 aromatic rings. The first-order chi connectivity index (χ1) is 12.3. The van der Waals surface area contributed by atoms with Gasteiger partial charge < -0.3 is 9.80 Å². The van der Waals surface area contributed by atoms with Gasteiger partial charge in [0.1, 0.15) is 5.69 Å². The quantitative estimate of drug-likeness (QED) is 0.847. The minimum Gasteiger partial charge on any atom is -0.338 e. The molecular weight excluding hydrogens is 328 g/mol. The molecule has 1 aliphatic rings. The van der Waals surface area contributed by atoms with E-state index < -0.39 is 5.41 Å². The normalized spacial score (nSPS) is 15.2. The third-order valence-corrected chi connectivity index (χ3v) is 5.11. The van der Waals surface area contributed by atoms with Crippen LogP contribution < -0.4 is 0 Å². The van der Waals surface area contributed by atoms with E-state index in [2.05, 4.69) is 5.10 Å². The van der Waals surface area contributed by atoms with Crippen LogP contribution in [0.2, 0.25) is 0 Å². The third-order valence-electron chi connectivity index (χ3n) is 5.11. The van der Waals surface area contributed by atoms with Crippen LogP contribution in [0.15, 0.2) is 36.4 Å². The highest BCUT2D eigenvalue weighted by atomic mass is 16.2. The summed E-state index contributed by atoms with van der Waals surface area (Å²) in [5.41, 5.74) is 1.85. The van der Waals surface area contributed by atoms with E-state index in [0.717, 1.165) is 11.3 Å². The minimum atomic E-state index is -0.577. The number of benzene rings is 1. The number of aromatic nitrogens is 2. The molecule has 1 fully saturated rings. The van der Waals surface area contributed by atoms with Gasteiger partial charge in [-0.15, -0.1) is 0 Å². The first-order valence-corrected chi connectivity index (χ1v) is 8.95. The van der Waals surface area contributed by atoms with Gasteiger partial charge in [0.05, 0.1) is 11.1 Å². The van der Waals surface area contributed by atoms with Gasteiger partial charge in [0, 0.05) is 33.2 Å². The van der Waals surface area contributed by atoms with Gasteiger partial charge in [-0.05, 0) is 32.4 Å². The van der Waals surface area contributed by atoms with E-state index >= 15 is 0 Å². The van der Waals surface area contributed by atoms with Crippen molar-refractivity contribution < 1.29 is 9.59 Å². The van der Waals surface area contributed by atoms with Crippen molar-refractivity contribution in [3.8, 4) is 0 Å². The van der Waals surface area contributed by atoms with Crippen LogP contribution in [0.4, 0.5) is 0 Å². The molecule has 6 nitrogen and oxygen atoms in total. The Balaban J connectivity index is 1.66. The van der Waals surface area contributed by atoms with E-state index in [1.165, 1.54) is 0 Å². The van der Waals surface area contributed by atoms with Crippen molar-refractivity contribution in [2.45, 2.75) is 26.2 Å². The summed E-state index contributed by atoms with van der Waals surface area (Å²) in [6, 6.07) is 11.6. The molecule has 0 unspecified atom stereocenters. The van der Waals surface area contributed by atoms with Crippen LogP contribution in [0.25, 0.3) is 0 Å². The molecule has 0 radical (unpaired) electrons. The van der Waals surface area contributed by atoms with E-state index in [1.807, 2.05) is 56.0 Å². The Morgan fingerprint density at radius 3 is 2.12 bits per heavy atom. The highest BCUT2D eigenvalue weighted by Crippen LogP contribution is 2.26. The molecule has 138 valence electrons. The molecule has 0 atom stereocenters. The molecule has 2 amide bonds. The molecule has 1 aromatic carbocycles. The van der Waals surface area contributed by atoms with Crippen LogP contribution in [0.3, 0.4) is 0 Å². The summed E-state index contributed by atoms with van der Waals surface area (Å²) in [5, 5.41) is 4.24. The van der Waals surface area contributed by atoms with Gasteiger partial charge in [0.2, 0.25) is 5.91 Å². The zero-order chi connectivity index (χ0) is 18.9. The Hall–Kier alpha value is -2.63. The number of aryl methyl sites for hydroxylation is 2. The van der Waals surface area contributed by atoms with E-state index in [-0.39, 0.29) is 11.8 Å². The van der Waals surface area contributed by atoms with Crippen LogP contribution in [0.1, 0.15) is 35.6 Å². The second-order valence-electron chi connectivity index (χ2n) is 7.37. The largest absolute Gasteiger partial charge is 0.338 e. The maximum atomic E-state index is 13.0. The zero-order valence-corrected chi connectivity index (χ0v) is 15.9. The molecule has 0 saturated carbocycles. The summed E-state index contributed by atoms with van der Waals surface area (Å²) in [5.74, 6) is 0.0784. The van der Waals surface area contributed by atoms with Crippen molar-refractivity contribution in [2.75, 3.05) is 26.2 Å². The number of nitrogens with zero attached hydrogens (tertiary/aromatic N) is 4. The van der Waals surface area contributed by atoms with Gasteiger partial charge in [-0.1, -0.05) is 30.3 Å². The molecule has 1 aromatic heterocycles. The van der Waals surface area contributed by atoms with E-state index in [0.29, 0.717) is 31.9 Å². The van der Waals surface area contributed by atoms with Crippen LogP contribution >= 0.6 is 0 Å². The topological polar surface area (TPSA) is 58.4 Å². The Kier molecular flexibility index (Phi) is 4.85. The number of carbonyl (C=O) groups is 2. The van der Waals surface area contributed by atoms with Gasteiger partial charge in [-0.2, -0.15) is 5.10 Å². The first-order valence-electron chi connectivity index (χ1n) is 8.95. The van der Waals surface area contributed by atoms with Crippen molar-refractivity contribution >= 4 is 11.8 Å². The fraction of sp³-hybridized carbons (Fsp3) is 0.450. The highest BCUT2D eigenvalue weighted by Gasteiger charge is 2.36. The summed E-state index contributed by atoms with van der Waals surface area (Å²) >= 11 is 0. The third kappa shape index (κ3) is 3.36. The van der Waals surface area contributed by atoms with Gasteiger partial charge in [0.25, 0.3) is 5.91 Å². The monoisotopic (exact) mass is 354 g/mol. The lowest BCUT2D eigenvalue weighted by atomic mass is 9.83. The Bertz CT molecular complexity index is 802. The van der Waals surface area contributed by atoms with Crippen molar-refractivity contribution in [3.05, 3.63) is 53.3 Å². The maximum absolute atomic E-state index is 13.0. The number of carbonyl (C=O) groups excluding carboxylic acids is 2. The average molecular weight is 354 g/mol. The molecule has 0 aliphatic carbocycles. The number of rotatable bonds is 3. The predicted octanol–water partition coefficient (Wildman–Crippen LogP) is 1.99. The minimum absolute atomic E-state index is 0.0254. The lowest BCUT2D eigenvalue weighted by molar-refractivity contribution is -0.137. The number of piperazine rings is 1. The maximum Gasteiger partial charge on any atom is 0.272 e. The fourth-order valence-electron chi connectivity index (χ4n) is 3.46. The van der Waals surface area contributed by atoms with Gasteiger partial charge in [0.15, 0.2) is 0 Å². The summed E-state index contributed by atoms with van der Waals surface area (Å²) < 4.78 is 1.62. The Labute approximate surface area is 154 Å². The van der Waals surface area contributed by atoms with E-state index in [9.17, 15) is 9.59 Å². The summed E-state index contributed by atoms with van der Waals surface area (Å²) in [7, 11) is 1.78. The average Bonchev–Trinajstić information content (AvgIpc) is 2.99. The lowest BCUT2D eigenvalue weighted by Gasteiger charge is -2.38. The van der Waals surface area contributed by atoms with Gasteiger partial charge >= 0.3 is 0 Å². The number of amides is 2. The van der Waals surface area contributed by atoms with Gasteiger partial charge in [-0.3, -0.25) is 14.3 Å². The van der Waals surface area contributed by atoms with Crippen LogP contribution in [0, 0.1) is 6.92 Å². The second-order valence-corrected chi connectivity index (χ2v) is 7.37. The molecule has 26 heavy (non-hydrogen) atoms. The molecule has 0 N–H and O–H groups in total. The summed E-state index contributed by atoms with van der Waals surface area (Å²) in [4.78, 5) is 29.4. The molecule has 0 bridgehead atoms. The number of hydrogen-bond donors (Lipinski definition) is 0. The first kappa shape index (κ1) is 18.2. The molecule has 2 heterocycles. The van der Waals surface area contributed by atoms with Crippen molar-refractivity contribution in [2.24, 2.45) is 7.05 Å². The Morgan fingerprint density at radius 1 is 1.00 bits per heavy atom. The second kappa shape index (κ2) is 6.94. The smallest absolute Gasteiger partial charge is 0.272 e. The van der Waals surface area contributed by atoms with Crippen molar-refractivity contribution in [1.29, 1.82) is 0 Å². The SMILES string of the molecule is Cc1cc(C(=O)N2CCN(C(=O)C(C)(C)c3ccccc3)CC2)n(C)n1. The lowest BCUT2D eigenvalue weighted by Crippen LogP contribution is -2.54. The Morgan fingerprint density at radius 2 is 1.58 bits per heavy atom. The standard InChI is InChI=1S/C20H26N4O2/c1-15-14-17(22(4)21-15)18(25)23-10-12-24(13-11-23)19(26)20(2,3)16-8-6-5-7-9-16/h5-9,14H,10-13H2,1-4H3. The molecule has 3 rings (SSSR count). The van der Waals surface area contributed by atoms with E-state index in [1.54, 1.807) is 22.7 Å². The molecule has 6 heteroatoms. The summed E-state index contributed by atoms with van der Waals surface area (Å²) in [6.45, 7) is 7.98. The van der Waals surface area contributed by atoms with Gasteiger partial charge in [-0.25, -0.2) is 0 Å². The van der Waals surface area contributed by atoms with Crippen LogP contribution in [-0.4, -0.2) is 57.6 Å². The number of hydrogen-bond acceptors (Lipinski definition) is 3.